The van der Waals surface area contributed by atoms with Crippen LogP contribution in [0.2, 0.25) is 0 Å². The monoisotopic (exact) mass is 364 g/mol. The van der Waals surface area contributed by atoms with Gasteiger partial charge in [-0.2, -0.15) is 0 Å². The van der Waals surface area contributed by atoms with Crippen molar-refractivity contribution in [3.05, 3.63) is 35.4 Å². The minimum Gasteiger partial charge on any atom is -0.107 e. The molecule has 0 nitrogen and oxygen atoms in total. The molecule has 2 fully saturated rings. The lowest BCUT2D eigenvalue weighted by Gasteiger charge is -2.30. The normalized spacial score (nSPS) is 28.4. The van der Waals surface area contributed by atoms with E-state index >= 15 is 0 Å². The Balaban J connectivity index is 1.45. The maximum absolute atomic E-state index is 3.24. The largest absolute Gasteiger partial charge is 0.107 e. The standard InChI is InChI=1S/C27H40/c1-3-5-7-9-23-12-16-25(17-13-23)27-20-18-26(19-21-27)24-14-10-22(11-15-24)8-6-4-2/h18-25H,4,6-17H2,1-2H3. The Bertz CT molecular complexity index is 583. The molecule has 0 saturated heterocycles. The summed E-state index contributed by atoms with van der Waals surface area (Å²) in [5, 5.41) is 0. The van der Waals surface area contributed by atoms with E-state index in [0.29, 0.717) is 0 Å². The summed E-state index contributed by atoms with van der Waals surface area (Å²) >= 11 is 0. The molecule has 1 aromatic rings. The van der Waals surface area contributed by atoms with Gasteiger partial charge < -0.3 is 0 Å². The minimum absolute atomic E-state index is 0.803. The minimum atomic E-state index is 0.803. The zero-order valence-electron chi connectivity index (χ0n) is 17.8. The Morgan fingerprint density at radius 2 is 1.22 bits per heavy atom. The van der Waals surface area contributed by atoms with Crippen molar-refractivity contribution in [3.8, 4) is 11.8 Å². The van der Waals surface area contributed by atoms with E-state index in [1.807, 2.05) is 6.92 Å². The van der Waals surface area contributed by atoms with Crippen molar-refractivity contribution in [1.82, 2.24) is 0 Å². The van der Waals surface area contributed by atoms with Crippen LogP contribution in [0.3, 0.4) is 0 Å². The zero-order chi connectivity index (χ0) is 18.9. The summed E-state index contributed by atoms with van der Waals surface area (Å²) in [4.78, 5) is 0. The SMILES string of the molecule is CC#CCCC1CCC(c2ccc(C3CCC(CCCC)CC3)cc2)CC1. The van der Waals surface area contributed by atoms with Gasteiger partial charge in [-0.05, 0) is 99.5 Å². The summed E-state index contributed by atoms with van der Waals surface area (Å²) in [7, 11) is 0. The third kappa shape index (κ3) is 6.14. The fourth-order valence-corrected chi connectivity index (χ4v) is 5.50. The van der Waals surface area contributed by atoms with E-state index in [-0.39, 0.29) is 0 Å². The fourth-order valence-electron chi connectivity index (χ4n) is 5.50. The fraction of sp³-hybridized carbons (Fsp3) is 0.704. The van der Waals surface area contributed by atoms with Crippen LogP contribution in [0.15, 0.2) is 24.3 Å². The van der Waals surface area contributed by atoms with E-state index in [1.54, 1.807) is 11.1 Å². The topological polar surface area (TPSA) is 0 Å². The highest BCUT2D eigenvalue weighted by Gasteiger charge is 2.24. The van der Waals surface area contributed by atoms with Crippen molar-refractivity contribution in [3.63, 3.8) is 0 Å². The van der Waals surface area contributed by atoms with Crippen molar-refractivity contribution >= 4 is 0 Å². The van der Waals surface area contributed by atoms with Crippen LogP contribution in [0.1, 0.15) is 120 Å². The third-order valence-corrected chi connectivity index (χ3v) is 7.39. The van der Waals surface area contributed by atoms with E-state index in [0.717, 1.165) is 30.1 Å². The van der Waals surface area contributed by atoms with E-state index in [4.69, 9.17) is 0 Å². The second-order valence-electron chi connectivity index (χ2n) is 9.21. The number of hydrogen-bond acceptors (Lipinski definition) is 0. The molecule has 0 spiro atoms. The van der Waals surface area contributed by atoms with Crippen molar-refractivity contribution < 1.29 is 0 Å². The van der Waals surface area contributed by atoms with Crippen molar-refractivity contribution in [2.45, 2.75) is 109 Å². The number of rotatable bonds is 7. The molecule has 148 valence electrons. The molecule has 0 radical (unpaired) electrons. The summed E-state index contributed by atoms with van der Waals surface area (Å²) in [6.07, 6.45) is 18.0. The molecule has 2 saturated carbocycles. The van der Waals surface area contributed by atoms with Crippen LogP contribution in [0.25, 0.3) is 0 Å². The Morgan fingerprint density at radius 1 is 0.741 bits per heavy atom. The predicted molar refractivity (Wildman–Crippen MR) is 118 cm³/mol. The highest BCUT2D eigenvalue weighted by molar-refractivity contribution is 5.28. The molecule has 0 aliphatic heterocycles. The smallest absolute Gasteiger partial charge is 0.00912 e. The molecule has 0 unspecified atom stereocenters. The number of benzene rings is 1. The first-order valence-corrected chi connectivity index (χ1v) is 11.8. The van der Waals surface area contributed by atoms with Crippen LogP contribution < -0.4 is 0 Å². The predicted octanol–water partition coefficient (Wildman–Crippen LogP) is 8.23. The first-order valence-electron chi connectivity index (χ1n) is 11.8. The van der Waals surface area contributed by atoms with E-state index in [9.17, 15) is 0 Å². The van der Waals surface area contributed by atoms with Gasteiger partial charge in [0.25, 0.3) is 0 Å². The molecule has 2 aliphatic rings. The lowest BCUT2D eigenvalue weighted by molar-refractivity contribution is 0.304. The first-order chi connectivity index (χ1) is 13.3. The van der Waals surface area contributed by atoms with Crippen LogP contribution in [0.4, 0.5) is 0 Å². The zero-order valence-corrected chi connectivity index (χ0v) is 17.8. The Labute approximate surface area is 168 Å². The summed E-state index contributed by atoms with van der Waals surface area (Å²) in [6.45, 7) is 4.28. The van der Waals surface area contributed by atoms with Gasteiger partial charge in [-0.25, -0.2) is 0 Å². The lowest BCUT2D eigenvalue weighted by Crippen LogP contribution is -2.14. The summed E-state index contributed by atoms with van der Waals surface area (Å²) in [6, 6.07) is 9.86. The first kappa shape index (κ1) is 20.5. The number of hydrogen-bond donors (Lipinski definition) is 0. The van der Waals surface area contributed by atoms with Crippen LogP contribution >= 0.6 is 0 Å². The van der Waals surface area contributed by atoms with Gasteiger partial charge in [-0.1, -0.05) is 50.5 Å². The average Bonchev–Trinajstić information content (AvgIpc) is 2.73. The molecule has 0 heterocycles. The molecule has 0 atom stereocenters. The molecule has 0 N–H and O–H groups in total. The van der Waals surface area contributed by atoms with Crippen molar-refractivity contribution in [2.24, 2.45) is 11.8 Å². The molecular formula is C27H40. The molecule has 0 amide bonds. The molecule has 0 aromatic heterocycles. The Kier molecular flexibility index (Phi) is 8.32. The Morgan fingerprint density at radius 3 is 1.67 bits per heavy atom. The second-order valence-corrected chi connectivity index (χ2v) is 9.21. The van der Waals surface area contributed by atoms with E-state index in [1.165, 1.54) is 77.0 Å². The van der Waals surface area contributed by atoms with E-state index in [2.05, 4.69) is 43.0 Å². The lowest BCUT2D eigenvalue weighted by atomic mass is 9.75. The van der Waals surface area contributed by atoms with Crippen molar-refractivity contribution in [2.75, 3.05) is 0 Å². The van der Waals surface area contributed by atoms with Gasteiger partial charge in [0.15, 0.2) is 0 Å². The molecule has 3 rings (SSSR count). The molecule has 0 bridgehead atoms. The van der Waals surface area contributed by atoms with Gasteiger partial charge in [-0.15, -0.1) is 11.8 Å². The van der Waals surface area contributed by atoms with Gasteiger partial charge in [0.1, 0.15) is 0 Å². The Hall–Kier alpha value is -1.22. The van der Waals surface area contributed by atoms with Crippen molar-refractivity contribution in [1.29, 1.82) is 0 Å². The van der Waals surface area contributed by atoms with Crippen LogP contribution in [-0.2, 0) is 0 Å². The van der Waals surface area contributed by atoms with Gasteiger partial charge in [-0.3, -0.25) is 0 Å². The highest BCUT2D eigenvalue weighted by Crippen LogP contribution is 2.40. The average molecular weight is 365 g/mol. The molecule has 1 aromatic carbocycles. The quantitative estimate of drug-likeness (QED) is 0.427. The number of unbranched alkanes of at least 4 members (excludes halogenated alkanes) is 1. The van der Waals surface area contributed by atoms with Crippen LogP contribution in [0, 0.1) is 23.7 Å². The summed E-state index contributed by atoms with van der Waals surface area (Å²) < 4.78 is 0. The molecular weight excluding hydrogens is 324 g/mol. The van der Waals surface area contributed by atoms with Gasteiger partial charge in [0, 0.05) is 6.42 Å². The second kappa shape index (κ2) is 10.9. The summed E-state index contributed by atoms with van der Waals surface area (Å²) in [5.74, 6) is 9.84. The molecule has 2 aliphatic carbocycles. The van der Waals surface area contributed by atoms with Gasteiger partial charge in [0.05, 0.1) is 0 Å². The van der Waals surface area contributed by atoms with Gasteiger partial charge >= 0.3 is 0 Å². The van der Waals surface area contributed by atoms with Gasteiger partial charge in [0.2, 0.25) is 0 Å². The maximum atomic E-state index is 3.24. The highest BCUT2D eigenvalue weighted by atomic mass is 14.3. The van der Waals surface area contributed by atoms with Crippen LogP contribution in [-0.4, -0.2) is 0 Å². The van der Waals surface area contributed by atoms with E-state index < -0.39 is 0 Å². The van der Waals surface area contributed by atoms with Crippen LogP contribution in [0.5, 0.6) is 0 Å². The third-order valence-electron chi connectivity index (χ3n) is 7.39. The maximum Gasteiger partial charge on any atom is 0.00912 e. The summed E-state index contributed by atoms with van der Waals surface area (Å²) in [5.41, 5.74) is 3.21. The molecule has 27 heavy (non-hydrogen) atoms. The molecule has 0 heteroatoms.